The Balaban J connectivity index is 2.21. The van der Waals surface area contributed by atoms with Crippen molar-refractivity contribution in [1.29, 1.82) is 0 Å². The van der Waals surface area contributed by atoms with E-state index < -0.39 is 12.1 Å². The molecule has 1 heterocycles. The molecule has 1 fully saturated rings. The molecule has 92 valence electrons. The highest BCUT2D eigenvalue weighted by molar-refractivity contribution is 5.87. The number of nitrogens with zero attached hydrogens (tertiary/aromatic N) is 1. The molecule has 0 amide bonds. The number of aromatic carboxylic acids is 1. The topological polar surface area (TPSA) is 40.5 Å². The number of alkyl halides is 1. The maximum absolute atomic E-state index is 14.3. The largest absolute Gasteiger partial charge is 0.478 e. The van der Waals surface area contributed by atoms with E-state index in [0.717, 1.165) is 19.4 Å². The smallest absolute Gasteiger partial charge is 0.335 e. The second kappa shape index (κ2) is 4.84. The van der Waals surface area contributed by atoms with Crippen LogP contribution in [-0.4, -0.2) is 35.6 Å². The summed E-state index contributed by atoms with van der Waals surface area (Å²) in [5, 5.41) is 8.88. The number of rotatable bonds is 3. The lowest BCUT2D eigenvalue weighted by Gasteiger charge is -2.23. The van der Waals surface area contributed by atoms with Crippen molar-refractivity contribution in [3.63, 3.8) is 0 Å². The third-order valence-corrected chi connectivity index (χ3v) is 3.37. The van der Waals surface area contributed by atoms with E-state index >= 15 is 0 Å². The van der Waals surface area contributed by atoms with Gasteiger partial charge < -0.3 is 10.0 Å². The number of benzene rings is 1. The highest BCUT2D eigenvalue weighted by Crippen LogP contribution is 2.31. The molecular formula is C13H16FNO2. The van der Waals surface area contributed by atoms with Crippen molar-refractivity contribution in [3.8, 4) is 0 Å². The van der Waals surface area contributed by atoms with E-state index in [1.165, 1.54) is 12.1 Å². The van der Waals surface area contributed by atoms with Crippen LogP contribution in [0.1, 0.15) is 34.9 Å². The van der Waals surface area contributed by atoms with Gasteiger partial charge >= 0.3 is 5.97 Å². The molecule has 1 aromatic rings. The molecule has 1 aliphatic heterocycles. The maximum atomic E-state index is 14.3. The van der Waals surface area contributed by atoms with Gasteiger partial charge in [0.15, 0.2) is 0 Å². The lowest BCUT2D eigenvalue weighted by molar-refractivity contribution is 0.0696. The first kappa shape index (κ1) is 12.0. The molecule has 1 saturated heterocycles. The molecule has 0 radical (unpaired) electrons. The van der Waals surface area contributed by atoms with E-state index in [2.05, 4.69) is 0 Å². The molecule has 2 rings (SSSR count). The van der Waals surface area contributed by atoms with E-state index in [1.807, 2.05) is 11.9 Å². The van der Waals surface area contributed by atoms with Gasteiger partial charge in [-0.3, -0.25) is 0 Å². The number of carboxylic acids is 1. The number of likely N-dealkylation sites (N-methyl/N-ethyl adjacent to an activating group) is 1. The fourth-order valence-corrected chi connectivity index (χ4v) is 2.37. The number of likely N-dealkylation sites (tertiary alicyclic amines) is 1. The zero-order valence-electron chi connectivity index (χ0n) is 9.77. The first-order valence-corrected chi connectivity index (χ1v) is 5.77. The second-order valence-electron chi connectivity index (χ2n) is 4.52. The van der Waals surface area contributed by atoms with Crippen LogP contribution in [0, 0.1) is 0 Å². The van der Waals surface area contributed by atoms with Crippen molar-refractivity contribution in [2.45, 2.75) is 25.1 Å². The Morgan fingerprint density at radius 3 is 2.94 bits per heavy atom. The summed E-state index contributed by atoms with van der Waals surface area (Å²) in [5.74, 6) is -1.01. The van der Waals surface area contributed by atoms with Crippen LogP contribution in [-0.2, 0) is 0 Å². The highest BCUT2D eigenvalue weighted by Gasteiger charge is 2.30. The van der Waals surface area contributed by atoms with Gasteiger partial charge in [0.25, 0.3) is 0 Å². The fourth-order valence-electron chi connectivity index (χ4n) is 2.37. The molecule has 0 saturated carbocycles. The van der Waals surface area contributed by atoms with Crippen molar-refractivity contribution in [2.75, 3.05) is 13.6 Å². The molecule has 0 aliphatic carbocycles. The molecule has 0 aromatic heterocycles. The molecule has 1 N–H and O–H groups in total. The third kappa shape index (κ3) is 2.47. The van der Waals surface area contributed by atoms with Crippen molar-refractivity contribution in [1.82, 2.24) is 4.90 Å². The number of hydrogen-bond acceptors (Lipinski definition) is 2. The lowest BCUT2D eigenvalue weighted by atomic mass is 10.00. The molecule has 1 aliphatic rings. The van der Waals surface area contributed by atoms with Gasteiger partial charge in [-0.05, 0) is 44.1 Å². The Hall–Kier alpha value is -1.42. The van der Waals surface area contributed by atoms with Crippen molar-refractivity contribution in [3.05, 3.63) is 35.4 Å². The average molecular weight is 237 g/mol. The summed E-state index contributed by atoms with van der Waals surface area (Å²) in [5.41, 5.74) is 0.606. The Labute approximate surface area is 99.9 Å². The SMILES string of the molecule is CN1CCCC1C(F)c1cccc(C(=O)O)c1. The van der Waals surface area contributed by atoms with Crippen molar-refractivity contribution >= 4 is 5.97 Å². The zero-order chi connectivity index (χ0) is 12.4. The van der Waals surface area contributed by atoms with E-state index in [1.54, 1.807) is 12.1 Å². The first-order chi connectivity index (χ1) is 8.09. The van der Waals surface area contributed by atoms with Crippen molar-refractivity contribution < 1.29 is 14.3 Å². The summed E-state index contributed by atoms with van der Waals surface area (Å²) in [6, 6.07) is 6.04. The molecule has 0 spiro atoms. The van der Waals surface area contributed by atoms with E-state index in [0.29, 0.717) is 5.56 Å². The summed E-state index contributed by atoms with van der Waals surface area (Å²) in [6.45, 7) is 0.906. The van der Waals surface area contributed by atoms with Gasteiger partial charge in [0.1, 0.15) is 6.17 Å². The van der Waals surface area contributed by atoms with E-state index in [9.17, 15) is 9.18 Å². The summed E-state index contributed by atoms with van der Waals surface area (Å²) >= 11 is 0. The Kier molecular flexibility index (Phi) is 3.43. The zero-order valence-corrected chi connectivity index (χ0v) is 9.77. The lowest BCUT2D eigenvalue weighted by Crippen LogP contribution is -2.29. The fraction of sp³-hybridized carbons (Fsp3) is 0.462. The van der Waals surface area contributed by atoms with Crippen LogP contribution in [0.25, 0.3) is 0 Å². The van der Waals surface area contributed by atoms with Crippen LogP contribution in [0.5, 0.6) is 0 Å². The molecule has 17 heavy (non-hydrogen) atoms. The first-order valence-electron chi connectivity index (χ1n) is 5.77. The summed E-state index contributed by atoms with van der Waals surface area (Å²) in [4.78, 5) is 12.8. The van der Waals surface area contributed by atoms with Crippen LogP contribution in [0.3, 0.4) is 0 Å². The monoisotopic (exact) mass is 237 g/mol. The molecule has 2 unspecified atom stereocenters. The summed E-state index contributed by atoms with van der Waals surface area (Å²) in [7, 11) is 1.91. The number of carbonyl (C=O) groups is 1. The summed E-state index contributed by atoms with van der Waals surface area (Å²) in [6.07, 6.45) is 0.719. The Bertz CT molecular complexity index is 422. The van der Waals surface area contributed by atoms with Gasteiger partial charge in [-0.15, -0.1) is 0 Å². The van der Waals surface area contributed by atoms with Gasteiger partial charge in [0.2, 0.25) is 0 Å². The minimum absolute atomic E-state index is 0.126. The normalized spacial score (nSPS) is 22.6. The molecule has 2 atom stereocenters. The van der Waals surface area contributed by atoms with Gasteiger partial charge in [0.05, 0.1) is 5.56 Å². The van der Waals surface area contributed by atoms with Gasteiger partial charge in [-0.25, -0.2) is 9.18 Å². The third-order valence-electron chi connectivity index (χ3n) is 3.37. The van der Waals surface area contributed by atoms with Crippen molar-refractivity contribution in [2.24, 2.45) is 0 Å². The molecule has 0 bridgehead atoms. The quantitative estimate of drug-likeness (QED) is 0.878. The Morgan fingerprint density at radius 2 is 2.35 bits per heavy atom. The maximum Gasteiger partial charge on any atom is 0.335 e. The minimum atomic E-state index is -1.11. The standard InChI is InChI=1S/C13H16FNO2/c1-15-7-3-6-11(15)12(14)9-4-2-5-10(8-9)13(16)17/h2,4-5,8,11-12H,3,6-7H2,1H3,(H,16,17). The second-order valence-corrected chi connectivity index (χ2v) is 4.52. The number of carboxylic acid groups (broad SMARTS) is 1. The van der Waals surface area contributed by atoms with Gasteiger partial charge in [-0.1, -0.05) is 12.1 Å². The number of halogens is 1. The predicted octanol–water partition coefficient (Wildman–Crippen LogP) is 2.49. The predicted molar refractivity (Wildman–Crippen MR) is 62.9 cm³/mol. The molecule has 1 aromatic carbocycles. The number of hydrogen-bond donors (Lipinski definition) is 1. The molecule has 3 nitrogen and oxygen atoms in total. The average Bonchev–Trinajstić information content (AvgIpc) is 2.74. The van der Waals surface area contributed by atoms with Crippen LogP contribution >= 0.6 is 0 Å². The van der Waals surface area contributed by atoms with Crippen LogP contribution in [0.15, 0.2) is 24.3 Å². The van der Waals surface area contributed by atoms with Crippen LogP contribution in [0.2, 0.25) is 0 Å². The van der Waals surface area contributed by atoms with E-state index in [4.69, 9.17) is 5.11 Å². The van der Waals surface area contributed by atoms with Gasteiger partial charge in [0, 0.05) is 6.04 Å². The Morgan fingerprint density at radius 1 is 1.59 bits per heavy atom. The summed E-state index contributed by atoms with van der Waals surface area (Å²) < 4.78 is 14.3. The molecule has 4 heteroatoms. The highest BCUT2D eigenvalue weighted by atomic mass is 19.1. The van der Waals surface area contributed by atoms with E-state index in [-0.39, 0.29) is 11.6 Å². The van der Waals surface area contributed by atoms with Gasteiger partial charge in [-0.2, -0.15) is 0 Å². The molecular weight excluding hydrogens is 221 g/mol. The van der Waals surface area contributed by atoms with Crippen LogP contribution < -0.4 is 0 Å². The van der Waals surface area contributed by atoms with Crippen LogP contribution in [0.4, 0.5) is 4.39 Å². The minimum Gasteiger partial charge on any atom is -0.478 e.